The van der Waals surface area contributed by atoms with Crippen molar-refractivity contribution >= 4 is 67.9 Å². The third kappa shape index (κ3) is 3.48. The number of hydrogen-bond acceptors (Lipinski definition) is 3. The van der Waals surface area contributed by atoms with Crippen LogP contribution in [-0.2, 0) is 18.3 Å². The van der Waals surface area contributed by atoms with Crippen LogP contribution in [0.5, 0.6) is 0 Å². The molecule has 3 heterocycles. The summed E-state index contributed by atoms with van der Waals surface area (Å²) in [5.74, 6) is 0. The van der Waals surface area contributed by atoms with E-state index in [-0.39, 0.29) is 12.1 Å². The quantitative estimate of drug-likeness (QED) is 0.207. The third-order valence-electron chi connectivity index (χ3n) is 8.95. The molecule has 0 saturated carbocycles. The lowest BCUT2D eigenvalue weighted by Gasteiger charge is -2.44. The lowest BCUT2D eigenvalue weighted by Crippen LogP contribution is -2.60. The van der Waals surface area contributed by atoms with Gasteiger partial charge in [-0.05, 0) is 95.6 Å². The Balaban J connectivity index is 1.52. The fourth-order valence-electron chi connectivity index (χ4n) is 7.05. The standard InChI is InChI=1S/C36H33BN2S/c1-36(2,3)24-22-30-33-31(23-24)39(26-16-8-5-9-17-26)34-27-18-10-13-21-32(27)40-35(34)37(33)28-19-11-12-20-29(28)38(30)25-14-6-4-7-15-25/h4-9,11-12,14-17,19-20,22-23H,10,13,18,21H2,1-3H3. The smallest absolute Gasteiger partial charge is 0.264 e. The first-order valence-electron chi connectivity index (χ1n) is 14.6. The Hall–Kier alpha value is -3.76. The normalized spacial score (nSPS) is 15.3. The largest absolute Gasteiger partial charge is 0.311 e. The maximum absolute atomic E-state index is 2.62. The average Bonchev–Trinajstić information content (AvgIpc) is 3.36. The molecule has 5 aromatic rings. The van der Waals surface area contributed by atoms with Crippen LogP contribution >= 0.6 is 11.3 Å². The van der Waals surface area contributed by atoms with E-state index in [1.165, 1.54) is 81.1 Å². The molecule has 2 aliphatic heterocycles. The van der Waals surface area contributed by atoms with Gasteiger partial charge in [0.05, 0.1) is 5.69 Å². The van der Waals surface area contributed by atoms with E-state index in [0.717, 1.165) is 0 Å². The van der Waals surface area contributed by atoms with Crippen LogP contribution in [0.1, 0.15) is 49.6 Å². The van der Waals surface area contributed by atoms with Crippen LogP contribution in [0.15, 0.2) is 97.1 Å². The zero-order valence-electron chi connectivity index (χ0n) is 23.4. The highest BCUT2D eigenvalue weighted by Crippen LogP contribution is 2.49. The summed E-state index contributed by atoms with van der Waals surface area (Å²) in [6.07, 6.45) is 4.96. The average molecular weight is 537 g/mol. The van der Waals surface area contributed by atoms with Crippen LogP contribution in [0.25, 0.3) is 0 Å². The molecule has 2 nitrogen and oxygen atoms in total. The first-order chi connectivity index (χ1) is 19.5. The minimum Gasteiger partial charge on any atom is -0.311 e. The fraction of sp³-hybridized carbons (Fsp3) is 0.222. The minimum atomic E-state index is 0.0110. The second-order valence-electron chi connectivity index (χ2n) is 12.4. The summed E-state index contributed by atoms with van der Waals surface area (Å²) >= 11 is 2.09. The number of anilines is 6. The van der Waals surface area contributed by atoms with E-state index >= 15 is 0 Å². The van der Waals surface area contributed by atoms with Crippen molar-refractivity contribution in [2.75, 3.05) is 9.80 Å². The number of nitrogens with zero attached hydrogens (tertiary/aromatic N) is 2. The molecule has 0 saturated heterocycles. The van der Waals surface area contributed by atoms with Crippen molar-refractivity contribution in [2.24, 2.45) is 0 Å². The highest BCUT2D eigenvalue weighted by Gasteiger charge is 2.46. The highest BCUT2D eigenvalue weighted by atomic mass is 32.1. The van der Waals surface area contributed by atoms with E-state index in [9.17, 15) is 0 Å². The number of benzene rings is 4. The van der Waals surface area contributed by atoms with Gasteiger partial charge < -0.3 is 9.80 Å². The Morgan fingerprint density at radius 3 is 1.98 bits per heavy atom. The van der Waals surface area contributed by atoms with Crippen molar-refractivity contribution < 1.29 is 0 Å². The minimum absolute atomic E-state index is 0.0110. The maximum Gasteiger partial charge on any atom is 0.264 e. The van der Waals surface area contributed by atoms with E-state index in [1.807, 2.05) is 0 Å². The van der Waals surface area contributed by atoms with Gasteiger partial charge in [0.2, 0.25) is 0 Å². The van der Waals surface area contributed by atoms with Crippen molar-refractivity contribution in [2.45, 2.75) is 51.9 Å². The van der Waals surface area contributed by atoms with Crippen molar-refractivity contribution in [3.05, 3.63) is 113 Å². The summed E-state index contributed by atoms with van der Waals surface area (Å²) < 4.78 is 1.52. The Labute approximate surface area is 242 Å². The first-order valence-corrected chi connectivity index (χ1v) is 15.4. The Kier molecular flexibility index (Phi) is 5.34. The fourth-order valence-corrected chi connectivity index (χ4v) is 8.55. The van der Waals surface area contributed by atoms with Crippen LogP contribution in [-0.4, -0.2) is 6.71 Å². The number of aryl methyl sites for hydroxylation is 1. The maximum atomic E-state index is 2.62. The van der Waals surface area contributed by atoms with E-state index in [1.54, 1.807) is 10.4 Å². The molecule has 40 heavy (non-hydrogen) atoms. The lowest BCUT2D eigenvalue weighted by molar-refractivity contribution is 0.590. The molecule has 3 aliphatic rings. The van der Waals surface area contributed by atoms with Crippen molar-refractivity contribution in [1.82, 2.24) is 0 Å². The Morgan fingerprint density at radius 2 is 1.27 bits per heavy atom. The molecule has 0 bridgehead atoms. The van der Waals surface area contributed by atoms with Crippen LogP contribution in [0.4, 0.5) is 34.1 Å². The number of fused-ring (bicyclic) bond motifs is 6. The van der Waals surface area contributed by atoms with Gasteiger partial charge in [0.25, 0.3) is 6.71 Å². The summed E-state index contributed by atoms with van der Waals surface area (Å²) in [6, 6.07) is 36.1. The topological polar surface area (TPSA) is 6.48 Å². The SMILES string of the molecule is CC(C)(C)c1cc2c3c(c1)N(c1ccccc1)c1c(sc4c1CCCC4)B3c1ccccc1N2c1ccccc1. The molecule has 0 spiro atoms. The molecule has 1 aromatic heterocycles. The van der Waals surface area contributed by atoms with Gasteiger partial charge in [-0.25, -0.2) is 0 Å². The Morgan fingerprint density at radius 1 is 0.675 bits per heavy atom. The van der Waals surface area contributed by atoms with Gasteiger partial charge in [-0.15, -0.1) is 0 Å². The van der Waals surface area contributed by atoms with E-state index in [0.29, 0.717) is 0 Å². The van der Waals surface area contributed by atoms with Crippen LogP contribution < -0.4 is 25.5 Å². The molecule has 0 amide bonds. The molecular weight excluding hydrogens is 503 g/mol. The van der Waals surface area contributed by atoms with E-state index < -0.39 is 0 Å². The van der Waals surface area contributed by atoms with E-state index in [4.69, 9.17) is 0 Å². The Bertz CT molecular complexity index is 1750. The van der Waals surface area contributed by atoms with Crippen molar-refractivity contribution in [3.8, 4) is 0 Å². The summed E-state index contributed by atoms with van der Waals surface area (Å²) in [5, 5.41) is 0. The molecule has 196 valence electrons. The molecule has 0 N–H and O–H groups in total. The van der Waals surface area contributed by atoms with Gasteiger partial charge in [0, 0.05) is 38.1 Å². The van der Waals surface area contributed by atoms with Crippen molar-refractivity contribution in [1.29, 1.82) is 0 Å². The monoisotopic (exact) mass is 536 g/mol. The van der Waals surface area contributed by atoms with Gasteiger partial charge in [-0.1, -0.05) is 75.4 Å². The third-order valence-corrected chi connectivity index (χ3v) is 10.3. The number of rotatable bonds is 2. The molecule has 1 aliphatic carbocycles. The molecule has 4 aromatic carbocycles. The van der Waals surface area contributed by atoms with Gasteiger partial charge in [0.15, 0.2) is 0 Å². The predicted molar refractivity (Wildman–Crippen MR) is 174 cm³/mol. The highest BCUT2D eigenvalue weighted by molar-refractivity contribution is 7.29. The van der Waals surface area contributed by atoms with Gasteiger partial charge in [0.1, 0.15) is 0 Å². The zero-order chi connectivity index (χ0) is 27.0. The second-order valence-corrected chi connectivity index (χ2v) is 13.6. The molecule has 0 unspecified atom stereocenters. The summed E-state index contributed by atoms with van der Waals surface area (Å²) in [6.45, 7) is 7.27. The van der Waals surface area contributed by atoms with E-state index in [2.05, 4.69) is 139 Å². The van der Waals surface area contributed by atoms with Gasteiger partial charge in [-0.3, -0.25) is 0 Å². The van der Waals surface area contributed by atoms with Gasteiger partial charge >= 0.3 is 0 Å². The molecule has 4 heteroatoms. The molecule has 8 rings (SSSR count). The molecular formula is C36H33BN2S. The summed E-state index contributed by atoms with van der Waals surface area (Å²) in [4.78, 5) is 6.74. The van der Waals surface area contributed by atoms with Crippen LogP contribution in [0.3, 0.4) is 0 Å². The lowest BCUT2D eigenvalue weighted by atomic mass is 9.36. The number of hydrogen-bond donors (Lipinski definition) is 0. The van der Waals surface area contributed by atoms with Gasteiger partial charge in [-0.2, -0.15) is 11.3 Å². The predicted octanol–water partition coefficient (Wildman–Crippen LogP) is 8.01. The molecule has 0 atom stereocenters. The first kappa shape index (κ1) is 24.1. The second kappa shape index (κ2) is 8.87. The summed E-state index contributed by atoms with van der Waals surface area (Å²) in [7, 11) is 0. The molecule has 0 radical (unpaired) electrons. The van der Waals surface area contributed by atoms with Crippen LogP contribution in [0.2, 0.25) is 0 Å². The zero-order valence-corrected chi connectivity index (χ0v) is 24.3. The van der Waals surface area contributed by atoms with Crippen LogP contribution in [0, 0.1) is 0 Å². The number of thiophene rings is 1. The van der Waals surface area contributed by atoms with Crippen molar-refractivity contribution in [3.63, 3.8) is 0 Å². The number of para-hydroxylation sites is 3. The summed E-state index contributed by atoms with van der Waals surface area (Å²) in [5.41, 5.74) is 13.7. The molecule has 0 fully saturated rings.